The predicted octanol–water partition coefficient (Wildman–Crippen LogP) is 3.83. The van der Waals surface area contributed by atoms with Gasteiger partial charge in [-0.15, -0.1) is 10.2 Å². The predicted molar refractivity (Wildman–Crippen MR) is 101 cm³/mol. The Kier molecular flexibility index (Phi) is 5.75. The van der Waals surface area contributed by atoms with Crippen LogP contribution in [0.5, 0.6) is 0 Å². The highest BCUT2D eigenvalue weighted by Gasteiger charge is 2.23. The van der Waals surface area contributed by atoms with Crippen LogP contribution in [0.15, 0.2) is 40.0 Å². The molecule has 3 aromatic rings. The van der Waals surface area contributed by atoms with Crippen molar-refractivity contribution in [3.8, 4) is 11.5 Å². The van der Waals surface area contributed by atoms with Crippen molar-refractivity contribution in [3.05, 3.63) is 52.8 Å². The number of H-pyrrole nitrogens is 1. The van der Waals surface area contributed by atoms with E-state index in [4.69, 9.17) is 9.15 Å². The van der Waals surface area contributed by atoms with Crippen molar-refractivity contribution < 1.29 is 18.7 Å². The summed E-state index contributed by atoms with van der Waals surface area (Å²) in [5, 5.41) is 8.28. The van der Waals surface area contributed by atoms with E-state index in [0.717, 1.165) is 17.3 Å². The summed E-state index contributed by atoms with van der Waals surface area (Å²) >= 11 is 1.16. The number of Topliss-reactive ketones (excluding diaryl/α,β-unsaturated/α-hetero) is 1. The number of benzene rings is 1. The molecule has 0 saturated heterocycles. The van der Waals surface area contributed by atoms with Crippen LogP contribution < -0.4 is 0 Å². The van der Waals surface area contributed by atoms with Crippen LogP contribution in [0, 0.1) is 13.8 Å². The summed E-state index contributed by atoms with van der Waals surface area (Å²) in [6, 6.07) is 9.41. The summed E-state index contributed by atoms with van der Waals surface area (Å²) in [6.07, 6.45) is 0. The molecule has 140 valence electrons. The summed E-state index contributed by atoms with van der Waals surface area (Å²) in [7, 11) is 0. The van der Waals surface area contributed by atoms with Crippen molar-refractivity contribution in [1.29, 1.82) is 0 Å². The third-order valence-corrected chi connectivity index (χ3v) is 4.77. The largest absolute Gasteiger partial charge is 0.462 e. The number of carbonyl (C=O) groups is 2. The van der Waals surface area contributed by atoms with Crippen molar-refractivity contribution in [2.24, 2.45) is 0 Å². The lowest BCUT2D eigenvalue weighted by molar-refractivity contribution is 0.0525. The fourth-order valence-corrected chi connectivity index (χ4v) is 3.34. The maximum Gasteiger partial charge on any atom is 0.340 e. The van der Waals surface area contributed by atoms with Crippen LogP contribution in [0.3, 0.4) is 0 Å². The van der Waals surface area contributed by atoms with E-state index in [2.05, 4.69) is 15.2 Å². The Labute approximate surface area is 160 Å². The van der Waals surface area contributed by atoms with Gasteiger partial charge < -0.3 is 14.1 Å². The minimum Gasteiger partial charge on any atom is -0.462 e. The number of thioether (sulfide) groups is 1. The Bertz CT molecular complexity index is 963. The molecule has 0 atom stereocenters. The quantitative estimate of drug-likeness (QED) is 0.375. The van der Waals surface area contributed by atoms with E-state index in [9.17, 15) is 9.59 Å². The van der Waals surface area contributed by atoms with Gasteiger partial charge in [-0.05, 0) is 38.5 Å². The van der Waals surface area contributed by atoms with E-state index in [1.165, 1.54) is 0 Å². The Balaban J connectivity index is 1.69. The Morgan fingerprint density at radius 3 is 2.63 bits per heavy atom. The molecule has 8 heteroatoms. The molecule has 0 saturated carbocycles. The number of carbonyl (C=O) groups excluding carboxylic acids is 2. The molecule has 0 bridgehead atoms. The number of ketones is 1. The van der Waals surface area contributed by atoms with E-state index in [1.807, 2.05) is 30.3 Å². The van der Waals surface area contributed by atoms with Gasteiger partial charge in [-0.3, -0.25) is 4.79 Å². The van der Waals surface area contributed by atoms with Gasteiger partial charge in [-0.25, -0.2) is 4.79 Å². The molecule has 0 unspecified atom stereocenters. The first-order valence-corrected chi connectivity index (χ1v) is 9.41. The molecule has 0 fully saturated rings. The molecule has 7 nitrogen and oxygen atoms in total. The Hall–Kier alpha value is -2.87. The van der Waals surface area contributed by atoms with Gasteiger partial charge in [0.15, 0.2) is 5.78 Å². The highest BCUT2D eigenvalue weighted by molar-refractivity contribution is 7.99. The van der Waals surface area contributed by atoms with Gasteiger partial charge in [0.2, 0.25) is 5.89 Å². The molecule has 1 aromatic carbocycles. The fourth-order valence-electron chi connectivity index (χ4n) is 2.70. The van der Waals surface area contributed by atoms with Gasteiger partial charge in [0.25, 0.3) is 5.22 Å². The number of aromatic nitrogens is 3. The highest BCUT2D eigenvalue weighted by Crippen LogP contribution is 2.25. The number of ether oxygens (including phenoxy) is 1. The van der Waals surface area contributed by atoms with E-state index >= 15 is 0 Å². The van der Waals surface area contributed by atoms with Crippen LogP contribution in [-0.4, -0.2) is 39.3 Å². The van der Waals surface area contributed by atoms with Gasteiger partial charge in [0, 0.05) is 11.3 Å². The van der Waals surface area contributed by atoms with Gasteiger partial charge in [0.1, 0.15) is 0 Å². The summed E-state index contributed by atoms with van der Waals surface area (Å²) in [5.41, 5.74) is 2.83. The monoisotopic (exact) mass is 385 g/mol. The molecule has 0 spiro atoms. The average molecular weight is 385 g/mol. The number of hydrogen-bond acceptors (Lipinski definition) is 7. The number of aromatic amines is 1. The van der Waals surface area contributed by atoms with Crippen LogP contribution in [-0.2, 0) is 4.74 Å². The zero-order valence-electron chi connectivity index (χ0n) is 15.2. The smallest absolute Gasteiger partial charge is 0.340 e. The maximum atomic E-state index is 12.6. The Morgan fingerprint density at radius 2 is 1.93 bits per heavy atom. The van der Waals surface area contributed by atoms with Crippen LogP contribution >= 0.6 is 11.8 Å². The Morgan fingerprint density at radius 1 is 1.19 bits per heavy atom. The molecule has 3 rings (SSSR count). The molecular weight excluding hydrogens is 366 g/mol. The first-order valence-electron chi connectivity index (χ1n) is 8.42. The topological polar surface area (TPSA) is 98.1 Å². The van der Waals surface area contributed by atoms with Crippen molar-refractivity contribution >= 4 is 23.5 Å². The summed E-state index contributed by atoms with van der Waals surface area (Å²) < 4.78 is 10.6. The van der Waals surface area contributed by atoms with Gasteiger partial charge in [-0.2, -0.15) is 0 Å². The second kappa shape index (κ2) is 8.22. The lowest BCUT2D eigenvalue weighted by Crippen LogP contribution is -2.08. The minimum atomic E-state index is -0.431. The zero-order chi connectivity index (χ0) is 19.4. The summed E-state index contributed by atoms with van der Waals surface area (Å²) in [4.78, 5) is 27.6. The van der Waals surface area contributed by atoms with Crippen molar-refractivity contribution in [2.45, 2.75) is 26.0 Å². The number of nitrogens with zero attached hydrogens (tertiary/aromatic N) is 2. The highest BCUT2D eigenvalue weighted by atomic mass is 32.2. The normalized spacial score (nSPS) is 10.8. The van der Waals surface area contributed by atoms with Crippen LogP contribution in [0.4, 0.5) is 0 Å². The standard InChI is InChI=1S/C19H19N3O4S/c1-4-25-18(24)15-11(2)16(20-12(15)3)14(23)10-27-19-22-21-17(26-19)13-8-6-5-7-9-13/h5-9,20H,4,10H2,1-3H3. The fraction of sp³-hybridized carbons (Fsp3) is 0.263. The maximum absolute atomic E-state index is 12.6. The second-order valence-corrected chi connectivity index (χ2v) is 6.72. The van der Waals surface area contributed by atoms with E-state index in [-0.39, 0.29) is 18.1 Å². The molecular formula is C19H19N3O4S. The molecule has 0 aliphatic heterocycles. The van der Waals surface area contributed by atoms with Crippen molar-refractivity contribution in [2.75, 3.05) is 12.4 Å². The third-order valence-electron chi connectivity index (χ3n) is 3.95. The van der Waals surface area contributed by atoms with E-state index in [0.29, 0.717) is 33.6 Å². The second-order valence-electron chi connectivity index (χ2n) is 5.80. The van der Waals surface area contributed by atoms with Crippen LogP contribution in [0.1, 0.15) is 39.0 Å². The zero-order valence-corrected chi connectivity index (χ0v) is 16.1. The van der Waals surface area contributed by atoms with Crippen LogP contribution in [0.2, 0.25) is 0 Å². The SMILES string of the molecule is CCOC(=O)c1c(C)[nH]c(C(=O)CSc2nnc(-c3ccccc3)o2)c1C. The lowest BCUT2D eigenvalue weighted by Gasteiger charge is -2.02. The molecule has 2 heterocycles. The van der Waals surface area contributed by atoms with Crippen molar-refractivity contribution in [1.82, 2.24) is 15.2 Å². The molecule has 0 aliphatic rings. The van der Waals surface area contributed by atoms with E-state index in [1.54, 1.807) is 20.8 Å². The summed E-state index contributed by atoms with van der Waals surface area (Å²) in [6.45, 7) is 5.50. The summed E-state index contributed by atoms with van der Waals surface area (Å²) in [5.74, 6) is -0.0723. The van der Waals surface area contributed by atoms with Crippen LogP contribution in [0.25, 0.3) is 11.5 Å². The molecule has 1 N–H and O–H groups in total. The lowest BCUT2D eigenvalue weighted by atomic mass is 10.1. The number of hydrogen-bond donors (Lipinski definition) is 1. The molecule has 2 aromatic heterocycles. The molecule has 27 heavy (non-hydrogen) atoms. The molecule has 0 amide bonds. The minimum absolute atomic E-state index is 0.111. The number of rotatable bonds is 7. The number of nitrogens with one attached hydrogen (secondary N) is 1. The van der Waals surface area contributed by atoms with Crippen molar-refractivity contribution in [3.63, 3.8) is 0 Å². The first kappa shape index (κ1) is 18.9. The molecule has 0 radical (unpaired) electrons. The number of aryl methyl sites for hydroxylation is 1. The van der Waals surface area contributed by atoms with Gasteiger partial charge >= 0.3 is 5.97 Å². The number of esters is 1. The first-order chi connectivity index (χ1) is 13.0. The van der Waals surface area contributed by atoms with Gasteiger partial charge in [-0.1, -0.05) is 30.0 Å². The van der Waals surface area contributed by atoms with E-state index < -0.39 is 5.97 Å². The third kappa shape index (κ3) is 4.11. The molecule has 0 aliphatic carbocycles. The average Bonchev–Trinajstić information content (AvgIpc) is 3.25. The van der Waals surface area contributed by atoms with Gasteiger partial charge in [0.05, 0.1) is 23.6 Å².